The number of hydrogen-bond acceptors (Lipinski definition) is 0. The lowest BCUT2D eigenvalue weighted by molar-refractivity contribution is 0.715. The van der Waals surface area contributed by atoms with Crippen molar-refractivity contribution in [3.8, 4) is 0 Å². The van der Waals surface area contributed by atoms with Crippen molar-refractivity contribution in [2.24, 2.45) is 0 Å². The van der Waals surface area contributed by atoms with E-state index in [4.69, 9.17) is 0 Å². The largest absolute Gasteiger partial charge is 0.0876 e. The fraction of sp³-hybridized carbons (Fsp3) is 0.538. The normalized spacial score (nSPS) is 10.5. The molecule has 0 saturated carbocycles. The summed E-state index contributed by atoms with van der Waals surface area (Å²) in [6.45, 7) is 4.45. The number of unbranched alkanes of at least 4 members (excludes halogenated alkanes) is 2. The zero-order valence-corrected chi connectivity index (χ0v) is 10.7. The van der Waals surface area contributed by atoms with Gasteiger partial charge in [0, 0.05) is 5.33 Å². The SMILES string of the molecule is CCCCCc1cccc(C)c1CBr. The van der Waals surface area contributed by atoms with Gasteiger partial charge in [-0.15, -0.1) is 0 Å². The monoisotopic (exact) mass is 254 g/mol. The maximum absolute atomic E-state index is 3.57. The molecule has 0 unspecified atom stereocenters. The van der Waals surface area contributed by atoms with E-state index >= 15 is 0 Å². The fourth-order valence-electron chi connectivity index (χ4n) is 1.75. The van der Waals surface area contributed by atoms with Gasteiger partial charge in [0.05, 0.1) is 0 Å². The van der Waals surface area contributed by atoms with E-state index in [1.807, 2.05) is 0 Å². The zero-order chi connectivity index (χ0) is 10.4. The van der Waals surface area contributed by atoms with Crippen molar-refractivity contribution < 1.29 is 0 Å². The minimum absolute atomic E-state index is 0.987. The van der Waals surface area contributed by atoms with Gasteiger partial charge in [-0.05, 0) is 36.5 Å². The topological polar surface area (TPSA) is 0 Å². The van der Waals surface area contributed by atoms with Crippen molar-refractivity contribution in [2.75, 3.05) is 0 Å². The Morgan fingerprint density at radius 1 is 1.21 bits per heavy atom. The van der Waals surface area contributed by atoms with Crippen LogP contribution >= 0.6 is 15.9 Å². The smallest absolute Gasteiger partial charge is 0.0288 e. The Labute approximate surface area is 95.9 Å². The summed E-state index contributed by atoms with van der Waals surface area (Å²) in [5, 5.41) is 0.987. The highest BCUT2D eigenvalue weighted by Crippen LogP contribution is 2.19. The number of alkyl halides is 1. The molecule has 0 heterocycles. The van der Waals surface area contributed by atoms with E-state index in [-0.39, 0.29) is 0 Å². The lowest BCUT2D eigenvalue weighted by atomic mass is 9.99. The minimum Gasteiger partial charge on any atom is -0.0876 e. The first-order valence-corrected chi connectivity index (χ1v) is 6.55. The molecule has 0 aliphatic heterocycles. The minimum atomic E-state index is 0.987. The first kappa shape index (κ1) is 11.8. The summed E-state index contributed by atoms with van der Waals surface area (Å²) in [7, 11) is 0. The second kappa shape index (κ2) is 6.23. The van der Waals surface area contributed by atoms with Crippen LogP contribution in [0.5, 0.6) is 0 Å². The Kier molecular flexibility index (Phi) is 5.24. The van der Waals surface area contributed by atoms with E-state index in [0.29, 0.717) is 0 Å². The van der Waals surface area contributed by atoms with E-state index in [1.54, 1.807) is 0 Å². The molecule has 0 N–H and O–H groups in total. The standard InChI is InChI=1S/C13H19Br/c1-3-4-5-8-12-9-6-7-11(2)13(12)10-14/h6-7,9H,3-5,8,10H2,1-2H3. The molecule has 0 fully saturated rings. The molecular formula is C13H19Br. The van der Waals surface area contributed by atoms with E-state index in [2.05, 4.69) is 48.0 Å². The lowest BCUT2D eigenvalue weighted by Crippen LogP contribution is -1.94. The van der Waals surface area contributed by atoms with Crippen LogP contribution in [0.3, 0.4) is 0 Å². The number of aryl methyl sites for hydroxylation is 2. The van der Waals surface area contributed by atoms with E-state index in [9.17, 15) is 0 Å². The van der Waals surface area contributed by atoms with Gasteiger partial charge in [-0.2, -0.15) is 0 Å². The van der Waals surface area contributed by atoms with Crippen LogP contribution in [0.25, 0.3) is 0 Å². The van der Waals surface area contributed by atoms with Gasteiger partial charge in [0.1, 0.15) is 0 Å². The molecule has 0 nitrogen and oxygen atoms in total. The van der Waals surface area contributed by atoms with Crippen LogP contribution in [0.1, 0.15) is 42.9 Å². The van der Waals surface area contributed by atoms with Crippen LogP contribution in [-0.2, 0) is 11.8 Å². The van der Waals surface area contributed by atoms with Gasteiger partial charge < -0.3 is 0 Å². The van der Waals surface area contributed by atoms with Crippen LogP contribution in [0.2, 0.25) is 0 Å². The van der Waals surface area contributed by atoms with Crippen LogP contribution in [0.4, 0.5) is 0 Å². The second-order valence-corrected chi connectivity index (χ2v) is 4.36. The summed E-state index contributed by atoms with van der Waals surface area (Å²) in [6.07, 6.45) is 5.20. The maximum atomic E-state index is 3.57. The Balaban J connectivity index is 2.70. The van der Waals surface area contributed by atoms with E-state index in [0.717, 1.165) is 5.33 Å². The van der Waals surface area contributed by atoms with Gasteiger partial charge >= 0.3 is 0 Å². The van der Waals surface area contributed by atoms with Gasteiger partial charge in [-0.1, -0.05) is 53.9 Å². The van der Waals surface area contributed by atoms with Crippen molar-refractivity contribution in [1.29, 1.82) is 0 Å². The molecule has 0 saturated heterocycles. The average Bonchev–Trinajstić information content (AvgIpc) is 2.18. The summed E-state index contributed by atoms with van der Waals surface area (Å²) in [5.74, 6) is 0. The van der Waals surface area contributed by atoms with Crippen LogP contribution in [0.15, 0.2) is 18.2 Å². The molecule has 0 bridgehead atoms. The Bertz CT molecular complexity index is 279. The highest BCUT2D eigenvalue weighted by molar-refractivity contribution is 9.08. The third-order valence-corrected chi connectivity index (χ3v) is 3.25. The summed E-state index contributed by atoms with van der Waals surface area (Å²) >= 11 is 3.57. The predicted octanol–water partition coefficient (Wildman–Crippen LogP) is 4.62. The molecule has 0 spiro atoms. The summed E-state index contributed by atoms with van der Waals surface area (Å²) in [4.78, 5) is 0. The fourth-order valence-corrected chi connectivity index (χ4v) is 2.56. The summed E-state index contributed by atoms with van der Waals surface area (Å²) in [6, 6.07) is 6.63. The van der Waals surface area contributed by atoms with Gasteiger partial charge in [0.2, 0.25) is 0 Å². The average molecular weight is 255 g/mol. The highest BCUT2D eigenvalue weighted by atomic mass is 79.9. The Hall–Kier alpha value is -0.300. The predicted molar refractivity (Wildman–Crippen MR) is 67.0 cm³/mol. The van der Waals surface area contributed by atoms with Crippen LogP contribution in [-0.4, -0.2) is 0 Å². The van der Waals surface area contributed by atoms with Crippen molar-refractivity contribution in [2.45, 2.75) is 44.9 Å². The molecule has 0 radical (unpaired) electrons. The molecule has 1 heteroatoms. The van der Waals surface area contributed by atoms with Gasteiger partial charge in [-0.25, -0.2) is 0 Å². The molecule has 0 atom stereocenters. The molecule has 0 amide bonds. The third kappa shape index (κ3) is 3.13. The highest BCUT2D eigenvalue weighted by Gasteiger charge is 2.03. The first-order chi connectivity index (χ1) is 6.79. The van der Waals surface area contributed by atoms with Gasteiger partial charge in [0.15, 0.2) is 0 Å². The molecule has 14 heavy (non-hydrogen) atoms. The molecule has 1 rings (SSSR count). The molecule has 0 aromatic heterocycles. The Morgan fingerprint density at radius 3 is 2.64 bits per heavy atom. The molecule has 1 aromatic carbocycles. The van der Waals surface area contributed by atoms with Crippen molar-refractivity contribution in [1.82, 2.24) is 0 Å². The number of rotatable bonds is 5. The third-order valence-electron chi connectivity index (χ3n) is 2.69. The maximum Gasteiger partial charge on any atom is 0.0288 e. The number of hydrogen-bond donors (Lipinski definition) is 0. The van der Waals surface area contributed by atoms with Crippen molar-refractivity contribution in [3.63, 3.8) is 0 Å². The summed E-state index contributed by atoms with van der Waals surface area (Å²) < 4.78 is 0. The van der Waals surface area contributed by atoms with Gasteiger partial charge in [0.25, 0.3) is 0 Å². The lowest BCUT2D eigenvalue weighted by Gasteiger charge is -2.09. The van der Waals surface area contributed by atoms with Crippen molar-refractivity contribution in [3.05, 3.63) is 34.9 Å². The molecular weight excluding hydrogens is 236 g/mol. The first-order valence-electron chi connectivity index (χ1n) is 5.43. The van der Waals surface area contributed by atoms with Crippen LogP contribution in [0, 0.1) is 6.92 Å². The number of benzene rings is 1. The molecule has 78 valence electrons. The second-order valence-electron chi connectivity index (χ2n) is 3.80. The van der Waals surface area contributed by atoms with Crippen molar-refractivity contribution >= 4 is 15.9 Å². The van der Waals surface area contributed by atoms with Gasteiger partial charge in [-0.3, -0.25) is 0 Å². The molecule has 0 aliphatic carbocycles. The molecule has 1 aromatic rings. The van der Waals surface area contributed by atoms with E-state index < -0.39 is 0 Å². The molecule has 0 aliphatic rings. The van der Waals surface area contributed by atoms with E-state index in [1.165, 1.54) is 42.4 Å². The zero-order valence-electron chi connectivity index (χ0n) is 9.15. The summed E-state index contributed by atoms with van der Waals surface area (Å²) in [5.41, 5.74) is 4.43. The number of halogens is 1. The quantitative estimate of drug-likeness (QED) is 0.532. The Morgan fingerprint density at radius 2 is 2.00 bits per heavy atom. The van der Waals surface area contributed by atoms with Crippen LogP contribution < -0.4 is 0 Å².